The van der Waals surface area contributed by atoms with Crippen LogP contribution < -0.4 is 5.32 Å². The van der Waals surface area contributed by atoms with Crippen LogP contribution in [0.2, 0.25) is 0 Å². The lowest BCUT2D eigenvalue weighted by atomic mass is 9.77. The molecule has 1 aliphatic rings. The van der Waals surface area contributed by atoms with Gasteiger partial charge in [-0.15, -0.1) is 0 Å². The molecule has 1 heterocycles. The Kier molecular flexibility index (Phi) is 7.06. The SMILES string of the molecule is CCC1(CO)CCN(C(=O)NCC(CCO)c2ccccc2)CC1. The van der Waals surface area contributed by atoms with Crippen LogP contribution in [0.5, 0.6) is 0 Å². The second-order valence-corrected chi connectivity index (χ2v) is 6.80. The standard InChI is InChI=1S/C19H30N2O3/c1-2-19(15-23)9-11-21(12-10-19)18(24)20-14-17(8-13-22)16-6-4-3-5-7-16/h3-7,17,22-23H,2,8-15H2,1H3,(H,20,24). The number of aliphatic hydroxyl groups excluding tert-OH is 2. The van der Waals surface area contributed by atoms with Crippen LogP contribution in [-0.2, 0) is 0 Å². The highest BCUT2D eigenvalue weighted by Crippen LogP contribution is 2.34. The van der Waals surface area contributed by atoms with Crippen molar-refractivity contribution < 1.29 is 15.0 Å². The van der Waals surface area contributed by atoms with E-state index in [1.54, 1.807) is 0 Å². The molecule has 1 aromatic carbocycles. The summed E-state index contributed by atoms with van der Waals surface area (Å²) in [7, 11) is 0. The summed E-state index contributed by atoms with van der Waals surface area (Å²) in [4.78, 5) is 14.3. The molecule has 0 aliphatic carbocycles. The minimum Gasteiger partial charge on any atom is -0.396 e. The van der Waals surface area contributed by atoms with Gasteiger partial charge in [0.05, 0.1) is 0 Å². The average Bonchev–Trinajstić information content (AvgIpc) is 2.65. The first-order valence-corrected chi connectivity index (χ1v) is 8.93. The number of aliphatic hydroxyl groups is 2. The lowest BCUT2D eigenvalue weighted by Gasteiger charge is -2.40. The molecule has 134 valence electrons. The summed E-state index contributed by atoms with van der Waals surface area (Å²) in [6, 6.07) is 9.94. The van der Waals surface area contributed by atoms with E-state index in [9.17, 15) is 15.0 Å². The summed E-state index contributed by atoms with van der Waals surface area (Å²) in [6.07, 6.45) is 3.29. The van der Waals surface area contributed by atoms with Crippen molar-refractivity contribution in [1.29, 1.82) is 0 Å². The van der Waals surface area contributed by atoms with Crippen LogP contribution in [0, 0.1) is 5.41 Å². The number of rotatable bonds is 7. The van der Waals surface area contributed by atoms with Gasteiger partial charge in [-0.3, -0.25) is 0 Å². The molecule has 1 saturated heterocycles. The molecule has 1 aromatic rings. The zero-order valence-electron chi connectivity index (χ0n) is 14.6. The third-order valence-electron chi connectivity index (χ3n) is 5.44. The van der Waals surface area contributed by atoms with Crippen LogP contribution in [-0.4, -0.2) is 54.0 Å². The van der Waals surface area contributed by atoms with Gasteiger partial charge in [0.1, 0.15) is 0 Å². The fourth-order valence-corrected chi connectivity index (χ4v) is 3.40. The molecule has 2 rings (SSSR count). The third kappa shape index (κ3) is 4.71. The Balaban J connectivity index is 1.86. The van der Waals surface area contributed by atoms with E-state index in [1.165, 1.54) is 0 Å². The van der Waals surface area contributed by atoms with Gasteiger partial charge in [-0.2, -0.15) is 0 Å². The Morgan fingerprint density at radius 1 is 1.25 bits per heavy atom. The van der Waals surface area contributed by atoms with Crippen molar-refractivity contribution >= 4 is 6.03 Å². The minimum atomic E-state index is -0.0449. The Bertz CT molecular complexity index is 493. The first kappa shape index (κ1) is 18.7. The number of benzene rings is 1. The van der Waals surface area contributed by atoms with E-state index >= 15 is 0 Å². The van der Waals surface area contributed by atoms with Crippen LogP contribution in [0.3, 0.4) is 0 Å². The van der Waals surface area contributed by atoms with Crippen molar-refractivity contribution in [3.63, 3.8) is 0 Å². The zero-order chi connectivity index (χ0) is 17.4. The van der Waals surface area contributed by atoms with Crippen LogP contribution in [0.1, 0.15) is 44.1 Å². The lowest BCUT2D eigenvalue weighted by molar-refractivity contribution is 0.0519. The van der Waals surface area contributed by atoms with E-state index in [-0.39, 0.29) is 30.6 Å². The van der Waals surface area contributed by atoms with Gasteiger partial charge in [-0.25, -0.2) is 4.79 Å². The normalized spacial score (nSPS) is 18.2. The van der Waals surface area contributed by atoms with E-state index < -0.39 is 0 Å². The van der Waals surface area contributed by atoms with Crippen LogP contribution in [0.15, 0.2) is 30.3 Å². The summed E-state index contributed by atoms with van der Waals surface area (Å²) in [5, 5.41) is 21.9. The number of amides is 2. The molecular formula is C19H30N2O3. The minimum absolute atomic E-state index is 0.0136. The molecule has 0 radical (unpaired) electrons. The molecule has 0 bridgehead atoms. The number of carbonyl (C=O) groups excluding carboxylic acids is 1. The number of hydrogen-bond donors (Lipinski definition) is 3. The highest BCUT2D eigenvalue weighted by molar-refractivity contribution is 5.74. The quantitative estimate of drug-likeness (QED) is 0.717. The molecule has 0 spiro atoms. The molecule has 5 nitrogen and oxygen atoms in total. The monoisotopic (exact) mass is 334 g/mol. The third-order valence-corrected chi connectivity index (χ3v) is 5.44. The maximum Gasteiger partial charge on any atom is 0.317 e. The first-order chi connectivity index (χ1) is 11.6. The number of nitrogens with zero attached hydrogens (tertiary/aromatic N) is 1. The van der Waals surface area contributed by atoms with Crippen molar-refractivity contribution in [2.75, 3.05) is 32.8 Å². The topological polar surface area (TPSA) is 72.8 Å². The Morgan fingerprint density at radius 3 is 2.46 bits per heavy atom. The number of carbonyl (C=O) groups is 1. The number of urea groups is 1. The van der Waals surface area contributed by atoms with E-state index in [2.05, 4.69) is 12.2 Å². The number of nitrogens with one attached hydrogen (secondary N) is 1. The van der Waals surface area contributed by atoms with Crippen molar-refractivity contribution in [3.8, 4) is 0 Å². The zero-order valence-corrected chi connectivity index (χ0v) is 14.6. The van der Waals surface area contributed by atoms with Gasteiger partial charge in [0, 0.05) is 38.8 Å². The Labute approximate surface area is 144 Å². The molecule has 0 saturated carbocycles. The molecule has 1 unspecified atom stereocenters. The Morgan fingerprint density at radius 2 is 1.92 bits per heavy atom. The maximum absolute atomic E-state index is 12.4. The van der Waals surface area contributed by atoms with Crippen LogP contribution >= 0.6 is 0 Å². The molecular weight excluding hydrogens is 304 g/mol. The summed E-state index contributed by atoms with van der Waals surface area (Å²) in [5.41, 5.74) is 1.12. The van der Waals surface area contributed by atoms with E-state index in [0.29, 0.717) is 26.1 Å². The summed E-state index contributed by atoms with van der Waals surface area (Å²) < 4.78 is 0. The van der Waals surface area contributed by atoms with Crippen molar-refractivity contribution in [3.05, 3.63) is 35.9 Å². The summed E-state index contributed by atoms with van der Waals surface area (Å²) in [5.74, 6) is 0.122. The van der Waals surface area contributed by atoms with Gasteiger partial charge in [0.2, 0.25) is 0 Å². The fourth-order valence-electron chi connectivity index (χ4n) is 3.40. The van der Waals surface area contributed by atoms with Gasteiger partial charge >= 0.3 is 6.03 Å². The maximum atomic E-state index is 12.4. The highest BCUT2D eigenvalue weighted by Gasteiger charge is 2.33. The molecule has 2 amide bonds. The van der Waals surface area contributed by atoms with Crippen molar-refractivity contribution in [2.45, 2.75) is 38.5 Å². The van der Waals surface area contributed by atoms with Gasteiger partial charge in [-0.05, 0) is 36.7 Å². The Hall–Kier alpha value is -1.59. The summed E-state index contributed by atoms with van der Waals surface area (Å²) >= 11 is 0. The molecule has 1 fully saturated rings. The number of likely N-dealkylation sites (tertiary alicyclic amines) is 1. The largest absolute Gasteiger partial charge is 0.396 e. The predicted molar refractivity (Wildman–Crippen MR) is 94.9 cm³/mol. The van der Waals surface area contributed by atoms with Crippen LogP contribution in [0.25, 0.3) is 0 Å². The molecule has 1 aliphatic heterocycles. The van der Waals surface area contributed by atoms with E-state index in [4.69, 9.17) is 0 Å². The second kappa shape index (κ2) is 9.04. The van der Waals surface area contributed by atoms with Gasteiger partial charge in [0.15, 0.2) is 0 Å². The molecule has 0 aromatic heterocycles. The molecule has 5 heteroatoms. The molecule has 1 atom stereocenters. The van der Waals surface area contributed by atoms with Gasteiger partial charge in [-0.1, -0.05) is 37.3 Å². The van der Waals surface area contributed by atoms with Gasteiger partial charge in [0.25, 0.3) is 0 Å². The molecule has 3 N–H and O–H groups in total. The van der Waals surface area contributed by atoms with Crippen molar-refractivity contribution in [2.24, 2.45) is 5.41 Å². The summed E-state index contributed by atoms with van der Waals surface area (Å²) in [6.45, 7) is 4.32. The smallest absolute Gasteiger partial charge is 0.317 e. The average molecular weight is 334 g/mol. The highest BCUT2D eigenvalue weighted by atomic mass is 16.3. The molecule has 24 heavy (non-hydrogen) atoms. The number of piperidine rings is 1. The van der Waals surface area contributed by atoms with E-state index in [1.807, 2.05) is 35.2 Å². The lowest BCUT2D eigenvalue weighted by Crippen LogP contribution is -2.48. The fraction of sp³-hybridized carbons (Fsp3) is 0.632. The second-order valence-electron chi connectivity index (χ2n) is 6.80. The number of hydrogen-bond acceptors (Lipinski definition) is 3. The predicted octanol–water partition coefficient (Wildman–Crippen LogP) is 2.35. The van der Waals surface area contributed by atoms with E-state index in [0.717, 1.165) is 24.8 Å². The first-order valence-electron chi connectivity index (χ1n) is 8.93. The van der Waals surface area contributed by atoms with Gasteiger partial charge < -0.3 is 20.4 Å². The van der Waals surface area contributed by atoms with Crippen LogP contribution in [0.4, 0.5) is 4.79 Å². The van der Waals surface area contributed by atoms with Crippen molar-refractivity contribution in [1.82, 2.24) is 10.2 Å².